The largest absolute Gasteiger partial charge is 0.368 e. The Hall–Kier alpha value is -1.84. The van der Waals surface area contributed by atoms with Crippen molar-refractivity contribution in [1.29, 1.82) is 0 Å². The van der Waals surface area contributed by atoms with Crippen molar-refractivity contribution >= 4 is 11.8 Å². The molecule has 21 heavy (non-hydrogen) atoms. The summed E-state index contributed by atoms with van der Waals surface area (Å²) in [6.07, 6.45) is 7.34. The first-order chi connectivity index (χ1) is 10.2. The van der Waals surface area contributed by atoms with E-state index in [4.69, 9.17) is 5.73 Å². The summed E-state index contributed by atoms with van der Waals surface area (Å²) in [5.74, 6) is 0.117. The highest BCUT2D eigenvalue weighted by Crippen LogP contribution is 2.26. The van der Waals surface area contributed by atoms with Gasteiger partial charge in [-0.2, -0.15) is 0 Å². The second kappa shape index (κ2) is 7.81. The Balaban J connectivity index is 1.96. The van der Waals surface area contributed by atoms with Crippen molar-refractivity contribution in [2.75, 3.05) is 13.1 Å². The Morgan fingerprint density at radius 1 is 1.10 bits per heavy atom. The predicted octanol–water partition coefficient (Wildman–Crippen LogP) is 2.58. The Kier molecular flexibility index (Phi) is 5.78. The van der Waals surface area contributed by atoms with Crippen LogP contribution in [-0.4, -0.2) is 29.8 Å². The highest BCUT2D eigenvalue weighted by molar-refractivity contribution is 5.96. The van der Waals surface area contributed by atoms with E-state index in [2.05, 4.69) is 0 Å². The molecule has 4 heteroatoms. The summed E-state index contributed by atoms with van der Waals surface area (Å²) in [5, 5.41) is 0. The summed E-state index contributed by atoms with van der Waals surface area (Å²) < 4.78 is 0. The fourth-order valence-corrected chi connectivity index (χ4v) is 3.02. The number of hydrogen-bond acceptors (Lipinski definition) is 2. The molecule has 0 saturated heterocycles. The zero-order valence-corrected chi connectivity index (χ0v) is 12.5. The molecular formula is C17H24N2O2. The first-order valence-corrected chi connectivity index (χ1v) is 7.79. The van der Waals surface area contributed by atoms with Gasteiger partial charge in [-0.15, -0.1) is 0 Å². The second-order valence-electron chi connectivity index (χ2n) is 5.85. The Bertz CT molecular complexity index is 467. The zero-order valence-electron chi connectivity index (χ0n) is 12.5. The molecule has 1 saturated carbocycles. The first-order valence-electron chi connectivity index (χ1n) is 7.79. The van der Waals surface area contributed by atoms with E-state index in [1.807, 2.05) is 18.2 Å². The lowest BCUT2D eigenvalue weighted by molar-refractivity contribution is -0.118. The highest BCUT2D eigenvalue weighted by atomic mass is 16.2. The molecule has 0 aliphatic heterocycles. The number of rotatable bonds is 6. The topological polar surface area (TPSA) is 63.4 Å². The maximum Gasteiger partial charge on any atom is 0.254 e. The zero-order chi connectivity index (χ0) is 15.1. The third-order valence-corrected chi connectivity index (χ3v) is 4.19. The van der Waals surface area contributed by atoms with Gasteiger partial charge in [-0.1, -0.05) is 50.3 Å². The van der Waals surface area contributed by atoms with Crippen LogP contribution >= 0.6 is 0 Å². The van der Waals surface area contributed by atoms with Crippen molar-refractivity contribution in [3.8, 4) is 0 Å². The van der Waals surface area contributed by atoms with E-state index in [0.717, 1.165) is 6.42 Å². The predicted molar refractivity (Wildman–Crippen MR) is 82.7 cm³/mol. The number of primary amides is 1. The maximum absolute atomic E-state index is 12.5. The number of carbonyl (C=O) groups excluding carboxylic acids is 2. The fourth-order valence-electron chi connectivity index (χ4n) is 3.02. The van der Waals surface area contributed by atoms with E-state index in [9.17, 15) is 9.59 Å². The van der Waals surface area contributed by atoms with Crippen LogP contribution in [-0.2, 0) is 4.79 Å². The number of hydrogen-bond donors (Lipinski definition) is 1. The van der Waals surface area contributed by atoms with Crippen molar-refractivity contribution in [3.05, 3.63) is 35.9 Å². The van der Waals surface area contributed by atoms with Gasteiger partial charge in [0.2, 0.25) is 5.91 Å². The molecule has 4 nitrogen and oxygen atoms in total. The summed E-state index contributed by atoms with van der Waals surface area (Å²) in [6, 6.07) is 9.08. The van der Waals surface area contributed by atoms with Gasteiger partial charge in [0.25, 0.3) is 5.91 Å². The molecule has 0 radical (unpaired) electrons. The molecule has 0 unspecified atom stereocenters. The van der Waals surface area contributed by atoms with Gasteiger partial charge in [-0.25, -0.2) is 0 Å². The van der Waals surface area contributed by atoms with Crippen molar-refractivity contribution in [2.24, 2.45) is 11.7 Å². The molecule has 114 valence electrons. The molecule has 0 aromatic heterocycles. The average Bonchev–Trinajstić information content (AvgIpc) is 2.52. The van der Waals surface area contributed by atoms with Crippen LogP contribution in [0.1, 0.15) is 48.9 Å². The second-order valence-corrected chi connectivity index (χ2v) is 5.85. The SMILES string of the molecule is NC(=O)CN(CCC1CCCCC1)C(=O)c1ccccc1. The minimum absolute atomic E-state index is 0.000444. The van der Waals surface area contributed by atoms with Crippen molar-refractivity contribution in [1.82, 2.24) is 4.90 Å². The van der Waals surface area contributed by atoms with Crippen molar-refractivity contribution in [3.63, 3.8) is 0 Å². The standard InChI is InChI=1S/C17H24N2O2/c18-16(20)13-19(12-11-14-7-3-1-4-8-14)17(21)15-9-5-2-6-10-15/h2,5-6,9-10,14H,1,3-4,7-8,11-13H2,(H2,18,20). The van der Waals surface area contributed by atoms with Gasteiger partial charge >= 0.3 is 0 Å². The molecule has 0 heterocycles. The Labute approximate surface area is 126 Å². The summed E-state index contributed by atoms with van der Waals surface area (Å²) in [6.45, 7) is 0.613. The molecule has 1 aromatic rings. The monoisotopic (exact) mass is 288 g/mol. The molecule has 2 amide bonds. The quantitative estimate of drug-likeness (QED) is 0.874. The maximum atomic E-state index is 12.5. The van der Waals surface area contributed by atoms with Gasteiger partial charge in [-0.05, 0) is 24.5 Å². The fraction of sp³-hybridized carbons (Fsp3) is 0.529. The minimum atomic E-state index is -0.456. The van der Waals surface area contributed by atoms with Crippen LogP contribution < -0.4 is 5.73 Å². The number of nitrogens with zero attached hydrogens (tertiary/aromatic N) is 1. The van der Waals surface area contributed by atoms with E-state index < -0.39 is 5.91 Å². The van der Waals surface area contributed by atoms with E-state index in [0.29, 0.717) is 18.0 Å². The molecule has 0 bridgehead atoms. The lowest BCUT2D eigenvalue weighted by Gasteiger charge is -2.26. The van der Waals surface area contributed by atoms with Crippen LogP contribution in [0.15, 0.2) is 30.3 Å². The number of benzene rings is 1. The van der Waals surface area contributed by atoms with Gasteiger partial charge in [0.05, 0.1) is 6.54 Å². The van der Waals surface area contributed by atoms with Gasteiger partial charge in [0, 0.05) is 12.1 Å². The molecule has 2 rings (SSSR count). The molecule has 1 aromatic carbocycles. The number of carbonyl (C=O) groups is 2. The smallest absolute Gasteiger partial charge is 0.254 e. The summed E-state index contributed by atoms with van der Waals surface area (Å²) in [4.78, 5) is 25.3. The normalized spacial score (nSPS) is 15.6. The Morgan fingerprint density at radius 3 is 2.38 bits per heavy atom. The van der Waals surface area contributed by atoms with Gasteiger partial charge in [0.1, 0.15) is 0 Å². The Morgan fingerprint density at radius 2 is 1.76 bits per heavy atom. The number of nitrogens with two attached hydrogens (primary N) is 1. The van der Waals surface area contributed by atoms with E-state index in [-0.39, 0.29) is 12.5 Å². The number of amides is 2. The molecular weight excluding hydrogens is 264 g/mol. The summed E-state index contributed by atoms with van der Waals surface area (Å²) in [7, 11) is 0. The first kappa shape index (κ1) is 15.5. The van der Waals surface area contributed by atoms with Crippen LogP contribution in [0.2, 0.25) is 0 Å². The third-order valence-electron chi connectivity index (χ3n) is 4.19. The highest BCUT2D eigenvalue weighted by Gasteiger charge is 2.20. The average molecular weight is 288 g/mol. The van der Waals surface area contributed by atoms with Gasteiger partial charge in [-0.3, -0.25) is 9.59 Å². The van der Waals surface area contributed by atoms with Crippen LogP contribution in [0.4, 0.5) is 0 Å². The van der Waals surface area contributed by atoms with E-state index >= 15 is 0 Å². The van der Waals surface area contributed by atoms with Gasteiger partial charge < -0.3 is 10.6 Å². The molecule has 0 spiro atoms. The molecule has 1 fully saturated rings. The van der Waals surface area contributed by atoms with Crippen LogP contribution in [0.3, 0.4) is 0 Å². The molecule has 1 aliphatic carbocycles. The van der Waals surface area contributed by atoms with Gasteiger partial charge in [0.15, 0.2) is 0 Å². The van der Waals surface area contributed by atoms with E-state index in [1.54, 1.807) is 17.0 Å². The summed E-state index contributed by atoms with van der Waals surface area (Å²) >= 11 is 0. The van der Waals surface area contributed by atoms with Crippen LogP contribution in [0.25, 0.3) is 0 Å². The van der Waals surface area contributed by atoms with Crippen LogP contribution in [0.5, 0.6) is 0 Å². The van der Waals surface area contributed by atoms with E-state index in [1.165, 1.54) is 32.1 Å². The third kappa shape index (κ3) is 4.88. The van der Waals surface area contributed by atoms with Crippen LogP contribution in [0, 0.1) is 5.92 Å². The van der Waals surface area contributed by atoms with Crippen molar-refractivity contribution in [2.45, 2.75) is 38.5 Å². The summed E-state index contributed by atoms with van der Waals surface area (Å²) in [5.41, 5.74) is 5.90. The van der Waals surface area contributed by atoms with Crippen molar-refractivity contribution < 1.29 is 9.59 Å². The lowest BCUT2D eigenvalue weighted by Crippen LogP contribution is -2.39. The molecule has 0 atom stereocenters. The lowest BCUT2D eigenvalue weighted by atomic mass is 9.87. The molecule has 2 N–H and O–H groups in total. The minimum Gasteiger partial charge on any atom is -0.368 e. The molecule has 1 aliphatic rings.